The van der Waals surface area contributed by atoms with E-state index >= 15 is 0 Å². The van der Waals surface area contributed by atoms with Crippen LogP contribution in [-0.4, -0.2) is 22.3 Å². The van der Waals surface area contributed by atoms with Crippen molar-refractivity contribution in [3.05, 3.63) is 17.0 Å². The van der Waals surface area contributed by atoms with E-state index in [0.29, 0.717) is 13.0 Å². The van der Waals surface area contributed by atoms with E-state index in [0.717, 1.165) is 23.4 Å². The van der Waals surface area contributed by atoms with Crippen LogP contribution in [0.3, 0.4) is 0 Å². The zero-order chi connectivity index (χ0) is 12.1. The van der Waals surface area contributed by atoms with Crippen LogP contribution in [0.2, 0.25) is 0 Å². The molecule has 0 amide bonds. The molecule has 0 radical (unpaired) electrons. The standard InChI is InChI=1S/C11H18N2O3/c1-4-5-10(11(14)15)12-6-9-7(2)13-16-8(9)3/h10,12H,4-6H2,1-3H3,(H,14,15). The number of hydrogen-bond donors (Lipinski definition) is 2. The Morgan fingerprint density at radius 3 is 2.69 bits per heavy atom. The molecule has 0 spiro atoms. The van der Waals surface area contributed by atoms with Gasteiger partial charge in [0.1, 0.15) is 11.8 Å². The first-order chi connectivity index (χ1) is 7.56. The molecule has 1 atom stereocenters. The van der Waals surface area contributed by atoms with Crippen LogP contribution in [0.1, 0.15) is 36.8 Å². The van der Waals surface area contributed by atoms with Crippen LogP contribution in [0.25, 0.3) is 0 Å². The Morgan fingerprint density at radius 1 is 1.56 bits per heavy atom. The van der Waals surface area contributed by atoms with Gasteiger partial charge < -0.3 is 14.9 Å². The predicted molar refractivity (Wildman–Crippen MR) is 59.1 cm³/mol. The van der Waals surface area contributed by atoms with Gasteiger partial charge in [0, 0.05) is 12.1 Å². The van der Waals surface area contributed by atoms with Crippen LogP contribution in [0, 0.1) is 13.8 Å². The van der Waals surface area contributed by atoms with Gasteiger partial charge in [-0.15, -0.1) is 0 Å². The van der Waals surface area contributed by atoms with Gasteiger partial charge in [-0.05, 0) is 20.3 Å². The Hall–Kier alpha value is -1.36. The molecule has 0 bridgehead atoms. The first-order valence-electron chi connectivity index (χ1n) is 5.44. The van der Waals surface area contributed by atoms with Gasteiger partial charge in [0.25, 0.3) is 0 Å². The van der Waals surface area contributed by atoms with Crippen molar-refractivity contribution in [2.45, 2.75) is 46.2 Å². The molecule has 16 heavy (non-hydrogen) atoms. The molecule has 0 aliphatic rings. The van der Waals surface area contributed by atoms with Crippen molar-refractivity contribution < 1.29 is 14.4 Å². The summed E-state index contributed by atoms with van der Waals surface area (Å²) in [7, 11) is 0. The molecule has 1 rings (SSSR count). The van der Waals surface area contributed by atoms with Gasteiger partial charge in [0.05, 0.1) is 5.69 Å². The molecule has 5 nitrogen and oxygen atoms in total. The summed E-state index contributed by atoms with van der Waals surface area (Å²) < 4.78 is 5.01. The summed E-state index contributed by atoms with van der Waals surface area (Å²) in [5.41, 5.74) is 1.76. The third kappa shape index (κ3) is 3.06. The van der Waals surface area contributed by atoms with Gasteiger partial charge in [0.15, 0.2) is 0 Å². The third-order valence-electron chi connectivity index (χ3n) is 2.58. The fourth-order valence-electron chi connectivity index (χ4n) is 1.58. The molecule has 0 fully saturated rings. The Bertz CT molecular complexity index is 341. The fraction of sp³-hybridized carbons (Fsp3) is 0.636. The topological polar surface area (TPSA) is 75.4 Å². The first-order valence-corrected chi connectivity index (χ1v) is 5.44. The van der Waals surface area contributed by atoms with Gasteiger partial charge in [-0.1, -0.05) is 18.5 Å². The lowest BCUT2D eigenvalue weighted by Gasteiger charge is -2.12. The quantitative estimate of drug-likeness (QED) is 0.771. The molecule has 2 N–H and O–H groups in total. The second-order valence-corrected chi connectivity index (χ2v) is 3.86. The van der Waals surface area contributed by atoms with Crippen molar-refractivity contribution in [2.24, 2.45) is 0 Å². The average molecular weight is 226 g/mol. The highest BCUT2D eigenvalue weighted by molar-refractivity contribution is 5.73. The molecule has 1 aromatic rings. The van der Waals surface area contributed by atoms with Crippen molar-refractivity contribution in [1.82, 2.24) is 10.5 Å². The lowest BCUT2D eigenvalue weighted by molar-refractivity contribution is -0.139. The number of aliphatic carboxylic acids is 1. The SMILES string of the molecule is CCCC(NCc1c(C)noc1C)C(=O)O. The highest BCUT2D eigenvalue weighted by Gasteiger charge is 2.17. The summed E-state index contributed by atoms with van der Waals surface area (Å²) in [5, 5.41) is 15.8. The lowest BCUT2D eigenvalue weighted by Crippen LogP contribution is -2.36. The van der Waals surface area contributed by atoms with Crippen molar-refractivity contribution in [3.63, 3.8) is 0 Å². The van der Waals surface area contributed by atoms with Gasteiger partial charge in [-0.2, -0.15) is 0 Å². The molecule has 1 heterocycles. The van der Waals surface area contributed by atoms with Crippen molar-refractivity contribution >= 4 is 5.97 Å². The van der Waals surface area contributed by atoms with Gasteiger partial charge in [-0.25, -0.2) is 0 Å². The van der Waals surface area contributed by atoms with E-state index in [2.05, 4.69) is 10.5 Å². The minimum Gasteiger partial charge on any atom is -0.480 e. The van der Waals surface area contributed by atoms with Gasteiger partial charge in [-0.3, -0.25) is 4.79 Å². The number of nitrogens with one attached hydrogen (secondary N) is 1. The van der Waals surface area contributed by atoms with E-state index in [-0.39, 0.29) is 0 Å². The number of aromatic nitrogens is 1. The third-order valence-corrected chi connectivity index (χ3v) is 2.58. The summed E-state index contributed by atoms with van der Waals surface area (Å²) in [4.78, 5) is 10.9. The van der Waals surface area contributed by atoms with Crippen LogP contribution in [-0.2, 0) is 11.3 Å². The number of hydrogen-bond acceptors (Lipinski definition) is 4. The van der Waals surface area contributed by atoms with E-state index < -0.39 is 12.0 Å². The maximum absolute atomic E-state index is 10.9. The van der Waals surface area contributed by atoms with Gasteiger partial charge in [0.2, 0.25) is 0 Å². The summed E-state index contributed by atoms with van der Waals surface area (Å²) in [6, 6.07) is -0.501. The summed E-state index contributed by atoms with van der Waals surface area (Å²) in [6.45, 7) is 6.13. The molecule has 0 aromatic carbocycles. The molecule has 1 aromatic heterocycles. The van der Waals surface area contributed by atoms with Crippen LogP contribution in [0.4, 0.5) is 0 Å². The zero-order valence-corrected chi connectivity index (χ0v) is 9.91. The smallest absolute Gasteiger partial charge is 0.320 e. The largest absolute Gasteiger partial charge is 0.480 e. The van der Waals surface area contributed by atoms with Crippen LogP contribution in [0.15, 0.2) is 4.52 Å². The van der Waals surface area contributed by atoms with E-state index in [4.69, 9.17) is 9.63 Å². The van der Waals surface area contributed by atoms with E-state index in [9.17, 15) is 4.79 Å². The van der Waals surface area contributed by atoms with Crippen LogP contribution in [0.5, 0.6) is 0 Å². The van der Waals surface area contributed by atoms with E-state index in [1.807, 2.05) is 20.8 Å². The maximum Gasteiger partial charge on any atom is 0.320 e. The summed E-state index contributed by atoms with van der Waals surface area (Å²) in [6.07, 6.45) is 1.46. The van der Waals surface area contributed by atoms with Crippen molar-refractivity contribution in [1.29, 1.82) is 0 Å². The average Bonchev–Trinajstić information content (AvgIpc) is 2.54. The summed E-state index contributed by atoms with van der Waals surface area (Å²) in [5.74, 6) is -0.0701. The molecular weight excluding hydrogens is 208 g/mol. The second kappa shape index (κ2) is 5.65. The number of carboxylic acids is 1. The van der Waals surface area contributed by atoms with E-state index in [1.165, 1.54) is 0 Å². The molecular formula is C11H18N2O3. The van der Waals surface area contributed by atoms with E-state index in [1.54, 1.807) is 0 Å². The molecule has 0 saturated carbocycles. The molecule has 0 saturated heterocycles. The Kier molecular flexibility index (Phi) is 4.49. The Balaban J connectivity index is 2.58. The Morgan fingerprint density at radius 2 is 2.25 bits per heavy atom. The highest BCUT2D eigenvalue weighted by Crippen LogP contribution is 2.12. The van der Waals surface area contributed by atoms with Crippen LogP contribution < -0.4 is 5.32 Å². The number of carbonyl (C=O) groups is 1. The lowest BCUT2D eigenvalue weighted by atomic mass is 10.1. The van der Waals surface area contributed by atoms with Crippen LogP contribution >= 0.6 is 0 Å². The minimum atomic E-state index is -0.811. The Labute approximate surface area is 94.8 Å². The van der Waals surface area contributed by atoms with Gasteiger partial charge >= 0.3 is 5.97 Å². The number of carboxylic acid groups (broad SMARTS) is 1. The van der Waals surface area contributed by atoms with Crippen molar-refractivity contribution in [2.75, 3.05) is 0 Å². The fourth-order valence-corrected chi connectivity index (χ4v) is 1.58. The highest BCUT2D eigenvalue weighted by atomic mass is 16.5. The molecule has 90 valence electrons. The molecule has 0 aliphatic carbocycles. The molecule has 1 unspecified atom stereocenters. The number of rotatable bonds is 6. The number of aryl methyl sites for hydroxylation is 2. The normalized spacial score (nSPS) is 12.7. The summed E-state index contributed by atoms with van der Waals surface area (Å²) >= 11 is 0. The monoisotopic (exact) mass is 226 g/mol. The number of nitrogens with zero attached hydrogens (tertiary/aromatic N) is 1. The maximum atomic E-state index is 10.9. The molecule has 5 heteroatoms. The zero-order valence-electron chi connectivity index (χ0n) is 9.91. The first kappa shape index (κ1) is 12.7. The second-order valence-electron chi connectivity index (χ2n) is 3.86. The minimum absolute atomic E-state index is 0.484. The predicted octanol–water partition coefficient (Wildman–Crippen LogP) is 1.63. The van der Waals surface area contributed by atoms with Crippen molar-refractivity contribution in [3.8, 4) is 0 Å². The molecule has 0 aliphatic heterocycles.